The lowest BCUT2D eigenvalue weighted by atomic mass is 9.98. The highest BCUT2D eigenvalue weighted by molar-refractivity contribution is 14.1. The number of halogens is 1. The van der Waals surface area contributed by atoms with Crippen molar-refractivity contribution in [3.05, 3.63) is 93.6 Å². The van der Waals surface area contributed by atoms with Gasteiger partial charge in [0.25, 0.3) is 0 Å². The molecule has 21 heavy (non-hydrogen) atoms. The lowest BCUT2D eigenvalue weighted by molar-refractivity contribution is 0.220. The van der Waals surface area contributed by atoms with Gasteiger partial charge in [-0.1, -0.05) is 66.7 Å². The van der Waals surface area contributed by atoms with Gasteiger partial charge in [-0.05, 0) is 57.0 Å². The summed E-state index contributed by atoms with van der Waals surface area (Å²) in [4.78, 5) is 0. The third-order valence-electron chi connectivity index (χ3n) is 3.52. The van der Waals surface area contributed by atoms with Gasteiger partial charge in [-0.3, -0.25) is 0 Å². The molecule has 1 unspecified atom stereocenters. The van der Waals surface area contributed by atoms with E-state index in [4.69, 9.17) is 0 Å². The van der Waals surface area contributed by atoms with E-state index in [1.54, 1.807) is 0 Å². The van der Waals surface area contributed by atoms with Gasteiger partial charge in [-0.2, -0.15) is 0 Å². The first-order chi connectivity index (χ1) is 10.2. The van der Waals surface area contributed by atoms with E-state index in [9.17, 15) is 5.11 Å². The second kappa shape index (κ2) is 6.41. The average molecular weight is 386 g/mol. The molecule has 0 saturated heterocycles. The summed E-state index contributed by atoms with van der Waals surface area (Å²) < 4.78 is 1.17. The van der Waals surface area contributed by atoms with Gasteiger partial charge in [0.05, 0.1) is 0 Å². The van der Waals surface area contributed by atoms with E-state index >= 15 is 0 Å². The maximum atomic E-state index is 10.4. The van der Waals surface area contributed by atoms with Crippen LogP contribution in [0.4, 0.5) is 0 Å². The standard InChI is InChI=1S/C19H15IO/c20-18-12-10-17(11-13-18)19(21)16-8-6-15(7-9-16)14-4-2-1-3-5-14/h1-13,19,21H. The Bertz CT molecular complexity index is 703. The van der Waals surface area contributed by atoms with E-state index in [0.717, 1.165) is 16.7 Å². The summed E-state index contributed by atoms with van der Waals surface area (Å²) in [5, 5.41) is 10.4. The van der Waals surface area contributed by atoms with Gasteiger partial charge in [-0.15, -0.1) is 0 Å². The Labute approximate surface area is 138 Å². The van der Waals surface area contributed by atoms with Crippen LogP contribution in [0.25, 0.3) is 11.1 Å². The molecule has 1 atom stereocenters. The van der Waals surface area contributed by atoms with Crippen LogP contribution in [0.15, 0.2) is 78.9 Å². The summed E-state index contributed by atoms with van der Waals surface area (Å²) in [6, 6.07) is 26.3. The largest absolute Gasteiger partial charge is 0.384 e. The summed E-state index contributed by atoms with van der Waals surface area (Å²) in [5.74, 6) is 0. The molecule has 0 aliphatic heterocycles. The fourth-order valence-corrected chi connectivity index (χ4v) is 2.69. The van der Waals surface area contributed by atoms with Crippen LogP contribution in [0.1, 0.15) is 17.2 Å². The molecule has 0 bridgehead atoms. The second-order valence-corrected chi connectivity index (χ2v) is 6.19. The van der Waals surface area contributed by atoms with Gasteiger partial charge in [0.1, 0.15) is 6.10 Å². The Morgan fingerprint density at radius 3 is 1.67 bits per heavy atom. The highest BCUT2D eigenvalue weighted by Crippen LogP contribution is 2.25. The number of benzene rings is 3. The molecular weight excluding hydrogens is 371 g/mol. The molecule has 0 aromatic heterocycles. The molecule has 0 saturated carbocycles. The molecule has 0 spiro atoms. The molecule has 3 rings (SSSR count). The molecule has 3 aromatic carbocycles. The van der Waals surface area contributed by atoms with Crippen LogP contribution in [0.3, 0.4) is 0 Å². The maximum absolute atomic E-state index is 10.4. The van der Waals surface area contributed by atoms with Gasteiger partial charge in [-0.25, -0.2) is 0 Å². The van der Waals surface area contributed by atoms with E-state index in [1.807, 2.05) is 54.6 Å². The van der Waals surface area contributed by atoms with E-state index in [2.05, 4.69) is 46.9 Å². The third-order valence-corrected chi connectivity index (χ3v) is 4.24. The molecular formula is C19H15IO. The SMILES string of the molecule is OC(c1ccc(I)cc1)c1ccc(-c2ccccc2)cc1. The van der Waals surface area contributed by atoms with E-state index in [0.29, 0.717) is 0 Å². The van der Waals surface area contributed by atoms with Crippen LogP contribution in [-0.4, -0.2) is 5.11 Å². The van der Waals surface area contributed by atoms with Crippen molar-refractivity contribution in [2.24, 2.45) is 0 Å². The Kier molecular flexibility index (Phi) is 4.36. The van der Waals surface area contributed by atoms with Crippen molar-refractivity contribution in [2.75, 3.05) is 0 Å². The molecule has 0 radical (unpaired) electrons. The highest BCUT2D eigenvalue weighted by atomic mass is 127. The summed E-state index contributed by atoms with van der Waals surface area (Å²) in [5.41, 5.74) is 4.18. The topological polar surface area (TPSA) is 20.2 Å². The molecule has 2 heteroatoms. The quantitative estimate of drug-likeness (QED) is 0.626. The van der Waals surface area contributed by atoms with Crippen molar-refractivity contribution >= 4 is 22.6 Å². The van der Waals surface area contributed by atoms with Gasteiger partial charge in [0, 0.05) is 3.57 Å². The van der Waals surface area contributed by atoms with Crippen molar-refractivity contribution in [3.63, 3.8) is 0 Å². The van der Waals surface area contributed by atoms with Crippen molar-refractivity contribution < 1.29 is 5.11 Å². The number of hydrogen-bond acceptors (Lipinski definition) is 1. The number of hydrogen-bond donors (Lipinski definition) is 1. The zero-order valence-corrected chi connectivity index (χ0v) is 13.6. The van der Waals surface area contributed by atoms with Crippen LogP contribution in [0, 0.1) is 3.57 Å². The fourth-order valence-electron chi connectivity index (χ4n) is 2.33. The molecule has 0 amide bonds. The zero-order chi connectivity index (χ0) is 14.7. The van der Waals surface area contributed by atoms with Gasteiger partial charge in [0.15, 0.2) is 0 Å². The minimum atomic E-state index is -0.577. The molecule has 3 aromatic rings. The van der Waals surface area contributed by atoms with Crippen LogP contribution >= 0.6 is 22.6 Å². The summed E-state index contributed by atoms with van der Waals surface area (Å²) in [6.45, 7) is 0. The Hall–Kier alpha value is -1.65. The molecule has 0 aliphatic carbocycles. The second-order valence-electron chi connectivity index (χ2n) is 4.94. The molecule has 0 heterocycles. The third kappa shape index (κ3) is 3.34. The van der Waals surface area contributed by atoms with Crippen LogP contribution in [-0.2, 0) is 0 Å². The Morgan fingerprint density at radius 1 is 0.619 bits per heavy atom. The molecule has 1 N–H and O–H groups in total. The summed E-state index contributed by atoms with van der Waals surface area (Å²) >= 11 is 2.26. The molecule has 0 fully saturated rings. The predicted octanol–water partition coefficient (Wildman–Crippen LogP) is 5.04. The van der Waals surface area contributed by atoms with Crippen molar-refractivity contribution in [1.82, 2.24) is 0 Å². The normalized spacial score (nSPS) is 12.1. The first-order valence-electron chi connectivity index (χ1n) is 6.83. The van der Waals surface area contributed by atoms with Gasteiger partial charge >= 0.3 is 0 Å². The average Bonchev–Trinajstić information content (AvgIpc) is 2.56. The fraction of sp³-hybridized carbons (Fsp3) is 0.0526. The first kappa shape index (κ1) is 14.3. The Balaban J connectivity index is 1.85. The minimum absolute atomic E-state index is 0.577. The highest BCUT2D eigenvalue weighted by Gasteiger charge is 2.10. The first-order valence-corrected chi connectivity index (χ1v) is 7.91. The lowest BCUT2D eigenvalue weighted by Gasteiger charge is -2.12. The van der Waals surface area contributed by atoms with Crippen molar-refractivity contribution in [1.29, 1.82) is 0 Å². The van der Waals surface area contributed by atoms with Gasteiger partial charge < -0.3 is 5.11 Å². The van der Waals surface area contributed by atoms with Crippen LogP contribution in [0.2, 0.25) is 0 Å². The summed E-state index contributed by atoms with van der Waals surface area (Å²) in [7, 11) is 0. The van der Waals surface area contributed by atoms with Crippen molar-refractivity contribution in [2.45, 2.75) is 6.10 Å². The van der Waals surface area contributed by atoms with Crippen molar-refractivity contribution in [3.8, 4) is 11.1 Å². The smallest absolute Gasteiger partial charge is 0.104 e. The molecule has 0 aliphatic rings. The van der Waals surface area contributed by atoms with E-state index in [-0.39, 0.29) is 0 Å². The van der Waals surface area contributed by atoms with E-state index in [1.165, 1.54) is 9.13 Å². The number of aliphatic hydroxyl groups is 1. The van der Waals surface area contributed by atoms with Crippen LogP contribution < -0.4 is 0 Å². The molecule has 104 valence electrons. The summed E-state index contributed by atoms with van der Waals surface area (Å²) in [6.07, 6.45) is -0.577. The van der Waals surface area contributed by atoms with Gasteiger partial charge in [0.2, 0.25) is 0 Å². The van der Waals surface area contributed by atoms with Crippen LogP contribution in [0.5, 0.6) is 0 Å². The Morgan fingerprint density at radius 2 is 1.10 bits per heavy atom. The number of rotatable bonds is 3. The molecule has 1 nitrogen and oxygen atoms in total. The zero-order valence-electron chi connectivity index (χ0n) is 11.4. The minimum Gasteiger partial charge on any atom is -0.384 e. The maximum Gasteiger partial charge on any atom is 0.104 e. The monoisotopic (exact) mass is 386 g/mol. The predicted molar refractivity (Wildman–Crippen MR) is 95.1 cm³/mol. The lowest BCUT2D eigenvalue weighted by Crippen LogP contribution is -1.99. The number of aliphatic hydroxyl groups excluding tert-OH is 1. The van der Waals surface area contributed by atoms with E-state index < -0.39 is 6.10 Å².